The highest BCUT2D eigenvalue weighted by Gasteiger charge is 2.17. The van der Waals surface area contributed by atoms with Crippen molar-refractivity contribution in [3.63, 3.8) is 0 Å². The SMILES string of the molecule is COc1cc(NS(=O)(=O)c2ccc(NC(=S)NC(=O)COc3ccc(C)cc3)cc2)nc(OC)n1. The molecule has 0 unspecified atom stereocenters. The Kier molecular flexibility index (Phi) is 8.39. The van der Waals surface area contributed by atoms with E-state index in [0.717, 1.165) is 5.56 Å². The van der Waals surface area contributed by atoms with E-state index in [4.69, 9.17) is 26.4 Å². The highest BCUT2D eigenvalue weighted by Crippen LogP contribution is 2.21. The van der Waals surface area contributed by atoms with Crippen molar-refractivity contribution < 1.29 is 27.4 Å². The predicted octanol–water partition coefficient (Wildman–Crippen LogP) is 2.50. The molecule has 0 saturated carbocycles. The molecule has 0 aliphatic heterocycles. The maximum Gasteiger partial charge on any atom is 0.321 e. The number of benzene rings is 2. The van der Waals surface area contributed by atoms with E-state index in [1.807, 2.05) is 19.1 Å². The number of thiocarbonyl (C=S) groups is 1. The molecule has 3 aromatic rings. The van der Waals surface area contributed by atoms with Gasteiger partial charge in [-0.3, -0.25) is 14.8 Å². The number of rotatable bonds is 9. The topological polar surface area (TPSA) is 141 Å². The predicted molar refractivity (Wildman–Crippen MR) is 133 cm³/mol. The zero-order valence-corrected chi connectivity index (χ0v) is 20.7. The molecule has 3 N–H and O–H groups in total. The fraction of sp³-hybridized carbons (Fsp3) is 0.182. The van der Waals surface area contributed by atoms with Crippen molar-refractivity contribution in [2.45, 2.75) is 11.8 Å². The van der Waals surface area contributed by atoms with Gasteiger partial charge in [0.05, 0.1) is 19.1 Å². The van der Waals surface area contributed by atoms with E-state index in [0.29, 0.717) is 11.4 Å². The molecular weight excluding hydrogens is 494 g/mol. The summed E-state index contributed by atoms with van der Waals surface area (Å²) in [6.07, 6.45) is 0. The lowest BCUT2D eigenvalue weighted by Crippen LogP contribution is -2.37. The van der Waals surface area contributed by atoms with Crippen LogP contribution >= 0.6 is 12.2 Å². The van der Waals surface area contributed by atoms with Crippen LogP contribution < -0.4 is 29.6 Å². The Balaban J connectivity index is 1.56. The van der Waals surface area contributed by atoms with Crippen LogP contribution in [0.2, 0.25) is 0 Å². The van der Waals surface area contributed by atoms with E-state index in [9.17, 15) is 13.2 Å². The molecule has 0 fully saturated rings. The van der Waals surface area contributed by atoms with Gasteiger partial charge in [-0.1, -0.05) is 17.7 Å². The first-order chi connectivity index (χ1) is 16.7. The van der Waals surface area contributed by atoms with Gasteiger partial charge in [0.15, 0.2) is 17.5 Å². The molecule has 3 rings (SSSR count). The van der Waals surface area contributed by atoms with Gasteiger partial charge in [0.1, 0.15) is 5.75 Å². The van der Waals surface area contributed by atoms with Gasteiger partial charge in [0.25, 0.3) is 15.9 Å². The largest absolute Gasteiger partial charge is 0.484 e. The number of anilines is 2. The molecule has 2 aromatic carbocycles. The fourth-order valence-corrected chi connectivity index (χ4v) is 3.90. The average Bonchev–Trinajstić information content (AvgIpc) is 2.83. The van der Waals surface area contributed by atoms with E-state index < -0.39 is 15.9 Å². The second kappa shape index (κ2) is 11.4. The number of hydrogen-bond donors (Lipinski definition) is 3. The summed E-state index contributed by atoms with van der Waals surface area (Å²) in [6.45, 7) is 1.73. The van der Waals surface area contributed by atoms with Crippen LogP contribution in [0.15, 0.2) is 59.5 Å². The third-order valence-electron chi connectivity index (χ3n) is 4.38. The molecule has 184 valence electrons. The monoisotopic (exact) mass is 517 g/mol. The summed E-state index contributed by atoms with van der Waals surface area (Å²) in [4.78, 5) is 19.9. The lowest BCUT2D eigenvalue weighted by molar-refractivity contribution is -0.121. The number of ether oxygens (including phenoxy) is 3. The Hall–Kier alpha value is -3.97. The Morgan fingerprint density at radius 2 is 1.69 bits per heavy atom. The van der Waals surface area contributed by atoms with Crippen molar-refractivity contribution in [1.82, 2.24) is 15.3 Å². The van der Waals surface area contributed by atoms with Crippen molar-refractivity contribution in [3.8, 4) is 17.6 Å². The molecule has 0 atom stereocenters. The zero-order valence-electron chi connectivity index (χ0n) is 19.1. The summed E-state index contributed by atoms with van der Waals surface area (Å²) in [6, 6.07) is 14.3. The van der Waals surface area contributed by atoms with Gasteiger partial charge in [-0.25, -0.2) is 8.42 Å². The molecule has 11 nitrogen and oxygen atoms in total. The van der Waals surface area contributed by atoms with Crippen LogP contribution in [0.25, 0.3) is 0 Å². The summed E-state index contributed by atoms with van der Waals surface area (Å²) in [5, 5.41) is 5.35. The fourth-order valence-electron chi connectivity index (χ4n) is 2.67. The highest BCUT2D eigenvalue weighted by atomic mass is 32.2. The molecule has 0 spiro atoms. The molecule has 0 aliphatic carbocycles. The van der Waals surface area contributed by atoms with Gasteiger partial charge in [-0.2, -0.15) is 9.97 Å². The third kappa shape index (κ3) is 7.52. The minimum atomic E-state index is -3.96. The average molecular weight is 518 g/mol. The first-order valence-corrected chi connectivity index (χ1v) is 12.0. The van der Waals surface area contributed by atoms with E-state index in [-0.39, 0.29) is 34.3 Å². The maximum atomic E-state index is 12.7. The molecule has 1 amide bonds. The van der Waals surface area contributed by atoms with E-state index in [1.54, 1.807) is 12.1 Å². The molecule has 1 aromatic heterocycles. The zero-order chi connectivity index (χ0) is 25.4. The molecule has 0 bridgehead atoms. The molecule has 0 aliphatic rings. The summed E-state index contributed by atoms with van der Waals surface area (Å²) in [5.74, 6) is 0.234. The van der Waals surface area contributed by atoms with Crippen LogP contribution in [0.3, 0.4) is 0 Å². The van der Waals surface area contributed by atoms with Crippen LogP contribution in [0.4, 0.5) is 11.5 Å². The summed E-state index contributed by atoms with van der Waals surface area (Å²) >= 11 is 5.13. The summed E-state index contributed by atoms with van der Waals surface area (Å²) < 4.78 is 43.1. The number of methoxy groups -OCH3 is 2. The van der Waals surface area contributed by atoms with Crippen LogP contribution in [-0.2, 0) is 14.8 Å². The molecular formula is C22H23N5O6S2. The number of nitrogens with zero attached hydrogens (tertiary/aromatic N) is 2. The lowest BCUT2D eigenvalue weighted by Gasteiger charge is -2.12. The summed E-state index contributed by atoms with van der Waals surface area (Å²) in [5.41, 5.74) is 1.55. The van der Waals surface area contributed by atoms with Gasteiger partial charge in [0.2, 0.25) is 5.88 Å². The van der Waals surface area contributed by atoms with Gasteiger partial charge >= 0.3 is 6.01 Å². The molecule has 1 heterocycles. The quantitative estimate of drug-likeness (QED) is 0.363. The second-order valence-corrected chi connectivity index (χ2v) is 9.11. The number of sulfonamides is 1. The van der Waals surface area contributed by atoms with Crippen LogP contribution in [0.1, 0.15) is 5.56 Å². The Morgan fingerprint density at radius 1 is 1.00 bits per heavy atom. The van der Waals surface area contributed by atoms with Crippen molar-refractivity contribution in [3.05, 3.63) is 60.2 Å². The van der Waals surface area contributed by atoms with Crippen molar-refractivity contribution in [2.75, 3.05) is 30.9 Å². The van der Waals surface area contributed by atoms with E-state index >= 15 is 0 Å². The normalized spacial score (nSPS) is 10.7. The first kappa shape index (κ1) is 25.6. The lowest BCUT2D eigenvalue weighted by atomic mass is 10.2. The first-order valence-electron chi connectivity index (χ1n) is 10.1. The van der Waals surface area contributed by atoms with Gasteiger partial charge in [-0.15, -0.1) is 0 Å². The number of hydrogen-bond acceptors (Lipinski definition) is 9. The van der Waals surface area contributed by atoms with Gasteiger partial charge < -0.3 is 19.5 Å². The third-order valence-corrected chi connectivity index (χ3v) is 5.95. The highest BCUT2D eigenvalue weighted by molar-refractivity contribution is 7.92. The van der Waals surface area contributed by atoms with E-state index in [2.05, 4.69) is 25.3 Å². The number of nitrogens with one attached hydrogen (secondary N) is 3. The van der Waals surface area contributed by atoms with Crippen LogP contribution in [0, 0.1) is 6.92 Å². The van der Waals surface area contributed by atoms with Crippen molar-refractivity contribution in [1.29, 1.82) is 0 Å². The van der Waals surface area contributed by atoms with Crippen molar-refractivity contribution in [2.24, 2.45) is 0 Å². The minimum absolute atomic E-state index is 0.0207. The number of carbonyl (C=O) groups excluding carboxylic acids is 1. The van der Waals surface area contributed by atoms with Gasteiger partial charge in [0, 0.05) is 11.8 Å². The number of amides is 1. The summed E-state index contributed by atoms with van der Waals surface area (Å²) in [7, 11) is -1.23. The standard InChI is InChI=1S/C22H23N5O6S2/c1-14-4-8-16(9-5-14)33-13-19(28)25-22(34)23-15-6-10-17(11-7-15)35(29,30)27-18-12-20(31-2)26-21(24-18)32-3/h4-12H,13H2,1-3H3,(H,24,26,27)(H2,23,25,28,34). The molecule has 35 heavy (non-hydrogen) atoms. The smallest absolute Gasteiger partial charge is 0.321 e. The number of aromatic nitrogens is 2. The van der Waals surface area contributed by atoms with Crippen LogP contribution in [-0.4, -0.2) is 50.2 Å². The Labute approximate surface area is 207 Å². The molecule has 13 heteroatoms. The van der Waals surface area contributed by atoms with Crippen LogP contribution in [0.5, 0.6) is 17.6 Å². The number of aryl methyl sites for hydroxylation is 1. The van der Waals surface area contributed by atoms with Gasteiger partial charge in [-0.05, 0) is 55.5 Å². The Morgan fingerprint density at radius 3 is 2.31 bits per heavy atom. The number of carbonyl (C=O) groups is 1. The van der Waals surface area contributed by atoms with E-state index in [1.165, 1.54) is 44.6 Å². The Bertz CT molecular complexity index is 1280. The maximum absolute atomic E-state index is 12.7. The molecule has 0 radical (unpaired) electrons. The molecule has 0 saturated heterocycles. The second-order valence-electron chi connectivity index (χ2n) is 7.02. The van der Waals surface area contributed by atoms with Crippen molar-refractivity contribution >= 4 is 44.8 Å². The minimum Gasteiger partial charge on any atom is -0.484 e.